The molecule has 0 radical (unpaired) electrons. The van der Waals surface area contributed by atoms with Crippen molar-refractivity contribution in [2.75, 3.05) is 5.32 Å². The monoisotopic (exact) mass is 355 g/mol. The number of aromatic nitrogens is 1. The van der Waals surface area contributed by atoms with Crippen LogP contribution in [0.2, 0.25) is 0 Å². The number of rotatable bonds is 5. The van der Waals surface area contributed by atoms with Crippen molar-refractivity contribution >= 4 is 34.2 Å². The first-order valence-electron chi connectivity index (χ1n) is 7.67. The highest BCUT2D eigenvalue weighted by Gasteiger charge is 2.22. The summed E-state index contributed by atoms with van der Waals surface area (Å²) in [6.45, 7) is 5.24. The first-order valence-corrected chi connectivity index (χ1v) is 8.55. The van der Waals surface area contributed by atoms with Gasteiger partial charge < -0.3 is 14.7 Å². The van der Waals surface area contributed by atoms with E-state index in [9.17, 15) is 14.7 Å². The number of carboxylic acids is 1. The van der Waals surface area contributed by atoms with Gasteiger partial charge in [0, 0.05) is 5.38 Å². The van der Waals surface area contributed by atoms with Crippen molar-refractivity contribution in [3.05, 3.63) is 11.1 Å². The number of carbonyl (C=O) groups is 2. The predicted octanol–water partition coefficient (Wildman–Crippen LogP) is 3.24. The Morgan fingerprint density at radius 2 is 2.04 bits per heavy atom. The lowest BCUT2D eigenvalue weighted by molar-refractivity contribution is -0.129. The van der Waals surface area contributed by atoms with Crippen LogP contribution >= 0.6 is 11.3 Å². The normalized spacial score (nSPS) is 16.0. The molecule has 132 valence electrons. The molecule has 1 aromatic rings. The molecule has 0 spiro atoms. The average Bonchev–Trinajstić information content (AvgIpc) is 3.08. The third-order valence-corrected chi connectivity index (χ3v) is 3.91. The summed E-state index contributed by atoms with van der Waals surface area (Å²) in [6.07, 6.45) is 3.17. The Hall–Kier alpha value is -2.16. The molecular formula is C15H21N3O5S. The highest BCUT2D eigenvalue weighted by molar-refractivity contribution is 7.14. The number of nitrogens with zero attached hydrogens (tertiary/aromatic N) is 2. The lowest BCUT2D eigenvalue weighted by atomic mass is 10.2. The number of carboxylic acid groups (broad SMARTS) is 1. The summed E-state index contributed by atoms with van der Waals surface area (Å²) >= 11 is 1.08. The number of hydrogen-bond donors (Lipinski definition) is 2. The molecule has 0 saturated heterocycles. The Morgan fingerprint density at radius 3 is 2.62 bits per heavy atom. The standard InChI is InChI=1S/C15H21N3O5S/c1-15(2,3)22-14(21)17-13-16-10(8-24-13)11(12(19)20)18-23-9-6-4-5-7-9/h8-9H,4-7H2,1-3H3,(H,19,20)(H,16,17,21)/b18-11-. The van der Waals surface area contributed by atoms with Crippen LogP contribution in [0.4, 0.5) is 9.93 Å². The van der Waals surface area contributed by atoms with Crippen molar-refractivity contribution in [2.45, 2.75) is 58.2 Å². The van der Waals surface area contributed by atoms with Gasteiger partial charge >= 0.3 is 12.1 Å². The first-order chi connectivity index (χ1) is 11.2. The van der Waals surface area contributed by atoms with Gasteiger partial charge in [0.2, 0.25) is 5.71 Å². The number of anilines is 1. The molecule has 0 aliphatic heterocycles. The molecule has 8 nitrogen and oxygen atoms in total. The number of carbonyl (C=O) groups excluding carboxylic acids is 1. The van der Waals surface area contributed by atoms with Gasteiger partial charge in [-0.15, -0.1) is 11.3 Å². The zero-order valence-electron chi connectivity index (χ0n) is 13.9. The Labute approximate surface area is 143 Å². The molecule has 0 unspecified atom stereocenters. The second-order valence-electron chi connectivity index (χ2n) is 6.42. The van der Waals surface area contributed by atoms with Crippen LogP contribution in [0.3, 0.4) is 0 Å². The summed E-state index contributed by atoms with van der Waals surface area (Å²) in [5.74, 6) is -1.23. The fourth-order valence-electron chi connectivity index (χ4n) is 2.15. The fourth-order valence-corrected chi connectivity index (χ4v) is 2.83. The molecule has 1 fully saturated rings. The Balaban J connectivity index is 2.04. The molecule has 2 N–H and O–H groups in total. The number of nitrogens with one attached hydrogen (secondary N) is 1. The maximum atomic E-state index is 11.7. The van der Waals surface area contributed by atoms with Gasteiger partial charge in [-0.25, -0.2) is 14.6 Å². The predicted molar refractivity (Wildman–Crippen MR) is 89.5 cm³/mol. The highest BCUT2D eigenvalue weighted by atomic mass is 32.1. The molecular weight excluding hydrogens is 334 g/mol. The van der Waals surface area contributed by atoms with E-state index in [-0.39, 0.29) is 22.6 Å². The third kappa shape index (κ3) is 5.48. The molecule has 1 aliphatic carbocycles. The van der Waals surface area contributed by atoms with Gasteiger partial charge in [0.15, 0.2) is 5.13 Å². The van der Waals surface area contributed by atoms with E-state index in [1.807, 2.05) is 0 Å². The molecule has 1 aliphatic rings. The van der Waals surface area contributed by atoms with Crippen molar-refractivity contribution in [2.24, 2.45) is 5.16 Å². The van der Waals surface area contributed by atoms with Crippen molar-refractivity contribution in [1.82, 2.24) is 4.98 Å². The lowest BCUT2D eigenvalue weighted by Gasteiger charge is -2.18. The highest BCUT2D eigenvalue weighted by Crippen LogP contribution is 2.22. The van der Waals surface area contributed by atoms with E-state index < -0.39 is 17.7 Å². The Morgan fingerprint density at radius 1 is 1.38 bits per heavy atom. The second-order valence-corrected chi connectivity index (χ2v) is 7.28. The van der Waals surface area contributed by atoms with Crippen LogP contribution in [-0.2, 0) is 14.4 Å². The summed E-state index contributed by atoms with van der Waals surface area (Å²) in [5.41, 5.74) is -0.778. The molecule has 9 heteroatoms. The molecule has 2 rings (SSSR count). The van der Waals surface area contributed by atoms with Crippen LogP contribution < -0.4 is 5.32 Å². The van der Waals surface area contributed by atoms with E-state index in [4.69, 9.17) is 9.57 Å². The van der Waals surface area contributed by atoms with Crippen molar-refractivity contribution < 1.29 is 24.3 Å². The SMILES string of the molecule is CC(C)(C)OC(=O)Nc1nc(/C(=N/OC2CCCC2)C(=O)O)cs1. The number of amides is 1. The largest absolute Gasteiger partial charge is 0.476 e. The molecule has 24 heavy (non-hydrogen) atoms. The zero-order chi connectivity index (χ0) is 17.7. The number of hydrogen-bond acceptors (Lipinski definition) is 7. The maximum Gasteiger partial charge on any atom is 0.413 e. The minimum Gasteiger partial charge on any atom is -0.476 e. The summed E-state index contributed by atoms with van der Waals surface area (Å²) in [5, 5.41) is 17.2. The van der Waals surface area contributed by atoms with Crippen LogP contribution in [0.25, 0.3) is 0 Å². The van der Waals surface area contributed by atoms with E-state index in [1.54, 1.807) is 20.8 Å². The molecule has 1 saturated carbocycles. The van der Waals surface area contributed by atoms with E-state index in [2.05, 4.69) is 15.5 Å². The molecule has 1 aromatic heterocycles. The summed E-state index contributed by atoms with van der Waals surface area (Å²) in [6, 6.07) is 0. The topological polar surface area (TPSA) is 110 Å². The van der Waals surface area contributed by atoms with Crippen LogP contribution in [0.1, 0.15) is 52.1 Å². The molecule has 0 aromatic carbocycles. The third-order valence-electron chi connectivity index (χ3n) is 3.15. The van der Waals surface area contributed by atoms with E-state index in [0.29, 0.717) is 0 Å². The average molecular weight is 355 g/mol. The number of oxime groups is 1. The van der Waals surface area contributed by atoms with Crippen molar-refractivity contribution in [1.29, 1.82) is 0 Å². The lowest BCUT2D eigenvalue weighted by Crippen LogP contribution is -2.27. The number of ether oxygens (including phenoxy) is 1. The summed E-state index contributed by atoms with van der Waals surface area (Å²) in [7, 11) is 0. The zero-order valence-corrected chi connectivity index (χ0v) is 14.7. The molecule has 0 bridgehead atoms. The van der Waals surface area contributed by atoms with E-state index in [0.717, 1.165) is 37.0 Å². The van der Waals surface area contributed by atoms with Gasteiger partial charge in [-0.2, -0.15) is 0 Å². The Kier molecular flexibility index (Phi) is 5.76. The van der Waals surface area contributed by atoms with Gasteiger partial charge in [0.05, 0.1) is 0 Å². The van der Waals surface area contributed by atoms with E-state index in [1.165, 1.54) is 5.38 Å². The minimum absolute atomic E-state index is 0.0441. The molecule has 1 heterocycles. The van der Waals surface area contributed by atoms with Crippen molar-refractivity contribution in [3.8, 4) is 0 Å². The van der Waals surface area contributed by atoms with Gasteiger partial charge in [0.25, 0.3) is 0 Å². The smallest absolute Gasteiger partial charge is 0.413 e. The van der Waals surface area contributed by atoms with Crippen LogP contribution in [0.5, 0.6) is 0 Å². The van der Waals surface area contributed by atoms with Gasteiger partial charge in [0.1, 0.15) is 17.4 Å². The van der Waals surface area contributed by atoms with Gasteiger partial charge in [-0.1, -0.05) is 5.16 Å². The Bertz CT molecular complexity index is 629. The van der Waals surface area contributed by atoms with Crippen LogP contribution in [-0.4, -0.2) is 39.6 Å². The molecule has 0 atom stereocenters. The quantitative estimate of drug-likeness (QED) is 0.620. The second kappa shape index (κ2) is 7.61. The number of thiazole rings is 1. The summed E-state index contributed by atoms with van der Waals surface area (Å²) < 4.78 is 5.12. The van der Waals surface area contributed by atoms with Gasteiger partial charge in [-0.3, -0.25) is 5.32 Å². The first kappa shape index (κ1) is 18.2. The molecule has 1 amide bonds. The number of aliphatic carboxylic acids is 1. The van der Waals surface area contributed by atoms with Crippen molar-refractivity contribution in [3.63, 3.8) is 0 Å². The summed E-state index contributed by atoms with van der Waals surface area (Å²) in [4.78, 5) is 32.4. The van der Waals surface area contributed by atoms with Crippen LogP contribution in [0, 0.1) is 0 Å². The van der Waals surface area contributed by atoms with Gasteiger partial charge in [-0.05, 0) is 46.5 Å². The fraction of sp³-hybridized carbons (Fsp3) is 0.600. The minimum atomic E-state index is -1.23. The van der Waals surface area contributed by atoms with E-state index >= 15 is 0 Å². The van der Waals surface area contributed by atoms with Crippen LogP contribution in [0.15, 0.2) is 10.5 Å². The maximum absolute atomic E-state index is 11.7.